The first-order valence-electron chi connectivity index (χ1n) is 8.18. The van der Waals surface area contributed by atoms with E-state index in [1.807, 2.05) is 0 Å². The summed E-state index contributed by atoms with van der Waals surface area (Å²) < 4.78 is 31.6. The number of nitrogens with one attached hydrogen (secondary N) is 3. The van der Waals surface area contributed by atoms with Gasteiger partial charge < -0.3 is 10.1 Å². The number of hydrogen-bond donors (Lipinski definition) is 3. The van der Waals surface area contributed by atoms with E-state index in [0.717, 1.165) is 12.8 Å². The number of halogens is 1. The molecular weight excluding hydrogens is 398 g/mol. The summed E-state index contributed by atoms with van der Waals surface area (Å²) >= 11 is 5.77. The van der Waals surface area contributed by atoms with Crippen LogP contribution in [0.2, 0.25) is 5.02 Å². The molecule has 1 aromatic carbocycles. The molecule has 0 unspecified atom stereocenters. The number of sulfonamides is 1. The Balaban J connectivity index is 1.88. The molecule has 0 aromatic heterocycles. The fourth-order valence-corrected chi connectivity index (χ4v) is 3.47. The zero-order chi connectivity index (χ0) is 20.2. The van der Waals surface area contributed by atoms with Crippen LogP contribution in [0.1, 0.15) is 26.7 Å². The number of carbonyl (C=O) groups is 3. The van der Waals surface area contributed by atoms with Gasteiger partial charge in [0.05, 0.1) is 4.90 Å². The summed E-state index contributed by atoms with van der Waals surface area (Å²) in [5.74, 6) is -1.78. The SMILES string of the molecule is C[C@H](NS(=O)(=O)c1cccc(Cl)c1)C(=O)O[C@H](C)C(=O)NC(=O)NC1CC1. The predicted molar refractivity (Wildman–Crippen MR) is 96.5 cm³/mol. The van der Waals surface area contributed by atoms with Crippen molar-refractivity contribution >= 4 is 39.5 Å². The molecule has 0 spiro atoms. The van der Waals surface area contributed by atoms with Crippen molar-refractivity contribution in [3.05, 3.63) is 29.3 Å². The molecule has 11 heteroatoms. The van der Waals surface area contributed by atoms with Crippen LogP contribution in [0.15, 0.2) is 29.2 Å². The summed E-state index contributed by atoms with van der Waals surface area (Å²) in [4.78, 5) is 35.3. The van der Waals surface area contributed by atoms with E-state index in [4.69, 9.17) is 16.3 Å². The summed E-state index contributed by atoms with van der Waals surface area (Å²) in [5, 5.41) is 4.84. The van der Waals surface area contributed by atoms with E-state index in [9.17, 15) is 22.8 Å². The molecule has 3 amide bonds. The molecule has 3 N–H and O–H groups in total. The molecule has 0 heterocycles. The molecule has 1 saturated carbocycles. The van der Waals surface area contributed by atoms with Crippen LogP contribution >= 0.6 is 11.6 Å². The van der Waals surface area contributed by atoms with Gasteiger partial charge in [0.1, 0.15) is 6.04 Å². The molecule has 1 aliphatic carbocycles. The summed E-state index contributed by atoms with van der Waals surface area (Å²) in [5.41, 5.74) is 0. The third kappa shape index (κ3) is 6.49. The molecule has 148 valence electrons. The molecular formula is C16H20ClN3O6S. The molecule has 0 radical (unpaired) electrons. The lowest BCUT2D eigenvalue weighted by atomic mass is 10.3. The van der Waals surface area contributed by atoms with Crippen molar-refractivity contribution in [3.8, 4) is 0 Å². The molecule has 1 fully saturated rings. The number of urea groups is 1. The van der Waals surface area contributed by atoms with Gasteiger partial charge in [-0.2, -0.15) is 4.72 Å². The van der Waals surface area contributed by atoms with Crippen LogP contribution in [0.3, 0.4) is 0 Å². The summed E-state index contributed by atoms with van der Waals surface area (Å²) in [6, 6.07) is 3.66. The van der Waals surface area contributed by atoms with Gasteiger partial charge >= 0.3 is 12.0 Å². The molecule has 9 nitrogen and oxygen atoms in total. The second kappa shape index (κ2) is 8.68. The maximum absolute atomic E-state index is 12.3. The highest BCUT2D eigenvalue weighted by molar-refractivity contribution is 7.89. The van der Waals surface area contributed by atoms with Crippen LogP contribution in [-0.2, 0) is 24.3 Å². The lowest BCUT2D eigenvalue weighted by molar-refractivity contribution is -0.155. The van der Waals surface area contributed by atoms with Crippen LogP contribution in [-0.4, -0.2) is 44.5 Å². The largest absolute Gasteiger partial charge is 0.451 e. The van der Waals surface area contributed by atoms with Gasteiger partial charge in [-0.05, 0) is 44.9 Å². The number of ether oxygens (including phenoxy) is 1. The van der Waals surface area contributed by atoms with E-state index in [1.54, 1.807) is 0 Å². The Morgan fingerprint density at radius 1 is 1.22 bits per heavy atom. The number of carbonyl (C=O) groups excluding carboxylic acids is 3. The van der Waals surface area contributed by atoms with Gasteiger partial charge in [-0.3, -0.25) is 14.9 Å². The predicted octanol–water partition coefficient (Wildman–Crippen LogP) is 0.927. The van der Waals surface area contributed by atoms with E-state index >= 15 is 0 Å². The Labute approximate surface area is 161 Å². The summed E-state index contributed by atoms with van der Waals surface area (Å²) in [6.07, 6.45) is 0.438. The van der Waals surface area contributed by atoms with Crippen LogP contribution in [0.4, 0.5) is 4.79 Å². The third-order valence-electron chi connectivity index (χ3n) is 3.60. The van der Waals surface area contributed by atoms with Gasteiger partial charge in [-0.1, -0.05) is 17.7 Å². The van der Waals surface area contributed by atoms with Crippen molar-refractivity contribution in [2.24, 2.45) is 0 Å². The van der Waals surface area contributed by atoms with E-state index < -0.39 is 40.1 Å². The minimum absolute atomic E-state index is 0.0663. The van der Waals surface area contributed by atoms with Gasteiger partial charge in [-0.15, -0.1) is 0 Å². The Morgan fingerprint density at radius 3 is 2.48 bits per heavy atom. The Bertz CT molecular complexity index is 840. The van der Waals surface area contributed by atoms with Gasteiger partial charge in [0, 0.05) is 11.1 Å². The van der Waals surface area contributed by atoms with Crippen molar-refractivity contribution in [2.75, 3.05) is 0 Å². The van der Waals surface area contributed by atoms with E-state index in [-0.39, 0.29) is 16.0 Å². The average Bonchev–Trinajstić information content (AvgIpc) is 3.37. The quantitative estimate of drug-likeness (QED) is 0.565. The zero-order valence-corrected chi connectivity index (χ0v) is 16.3. The highest BCUT2D eigenvalue weighted by Crippen LogP contribution is 2.18. The van der Waals surface area contributed by atoms with Gasteiger partial charge in [-0.25, -0.2) is 13.2 Å². The van der Waals surface area contributed by atoms with E-state index in [2.05, 4.69) is 15.4 Å². The first-order valence-corrected chi connectivity index (χ1v) is 10.0. The number of esters is 1. The molecule has 1 aromatic rings. The van der Waals surface area contributed by atoms with Crippen molar-refractivity contribution < 1.29 is 27.5 Å². The number of benzene rings is 1. The molecule has 1 aliphatic rings. The summed E-state index contributed by atoms with van der Waals surface area (Å²) in [6.45, 7) is 2.55. The van der Waals surface area contributed by atoms with Crippen LogP contribution in [0, 0.1) is 0 Å². The van der Waals surface area contributed by atoms with Gasteiger partial charge in [0.2, 0.25) is 10.0 Å². The topological polar surface area (TPSA) is 131 Å². The Kier molecular flexibility index (Phi) is 6.79. The highest BCUT2D eigenvalue weighted by Gasteiger charge is 2.28. The number of amides is 3. The molecule has 0 aliphatic heterocycles. The maximum Gasteiger partial charge on any atom is 0.324 e. The molecule has 27 heavy (non-hydrogen) atoms. The van der Waals surface area contributed by atoms with Gasteiger partial charge in [0.25, 0.3) is 5.91 Å². The van der Waals surface area contributed by atoms with Crippen molar-refractivity contribution in [2.45, 2.75) is 49.8 Å². The summed E-state index contributed by atoms with van der Waals surface area (Å²) in [7, 11) is -4.01. The fourth-order valence-electron chi connectivity index (χ4n) is 1.98. The Hall–Kier alpha value is -2.17. The van der Waals surface area contributed by atoms with E-state index in [0.29, 0.717) is 0 Å². The second-order valence-corrected chi connectivity index (χ2v) is 8.27. The Morgan fingerprint density at radius 2 is 1.89 bits per heavy atom. The normalized spacial score (nSPS) is 16.1. The van der Waals surface area contributed by atoms with Crippen molar-refractivity contribution in [1.82, 2.24) is 15.4 Å². The molecule has 0 bridgehead atoms. The number of hydrogen-bond acceptors (Lipinski definition) is 6. The fraction of sp³-hybridized carbons (Fsp3) is 0.438. The smallest absolute Gasteiger partial charge is 0.324 e. The van der Waals surface area contributed by atoms with E-state index in [1.165, 1.54) is 38.1 Å². The zero-order valence-electron chi connectivity index (χ0n) is 14.7. The first kappa shape index (κ1) is 21.1. The second-order valence-electron chi connectivity index (χ2n) is 6.12. The minimum atomic E-state index is -4.01. The maximum atomic E-state index is 12.3. The standard InChI is InChI=1S/C16H20ClN3O6S/c1-9(20-27(24,25)13-5-3-4-11(17)8-13)15(22)26-10(2)14(21)19-16(23)18-12-6-7-12/h3-5,8-10,12,20H,6-7H2,1-2H3,(H2,18,19,21,23)/t9-,10+/m0/s1. The van der Waals surface area contributed by atoms with Crippen LogP contribution < -0.4 is 15.4 Å². The number of rotatable bonds is 7. The monoisotopic (exact) mass is 417 g/mol. The molecule has 2 rings (SSSR count). The van der Waals surface area contributed by atoms with Crippen molar-refractivity contribution in [3.63, 3.8) is 0 Å². The van der Waals surface area contributed by atoms with Gasteiger partial charge in [0.15, 0.2) is 6.10 Å². The first-order chi connectivity index (χ1) is 12.6. The third-order valence-corrected chi connectivity index (χ3v) is 5.38. The molecule has 2 atom stereocenters. The molecule has 0 saturated heterocycles. The van der Waals surface area contributed by atoms with Crippen LogP contribution in [0.5, 0.6) is 0 Å². The van der Waals surface area contributed by atoms with Crippen molar-refractivity contribution in [1.29, 1.82) is 0 Å². The lowest BCUT2D eigenvalue weighted by Gasteiger charge is -2.17. The average molecular weight is 418 g/mol. The number of imide groups is 1. The highest BCUT2D eigenvalue weighted by atomic mass is 35.5. The minimum Gasteiger partial charge on any atom is -0.451 e. The lowest BCUT2D eigenvalue weighted by Crippen LogP contribution is -2.47. The van der Waals surface area contributed by atoms with Crippen LogP contribution in [0.25, 0.3) is 0 Å².